The van der Waals surface area contributed by atoms with E-state index in [0.29, 0.717) is 15.7 Å². The topological polar surface area (TPSA) is 55.1 Å². The summed E-state index contributed by atoms with van der Waals surface area (Å²) in [6.45, 7) is 0. The van der Waals surface area contributed by atoms with Crippen molar-refractivity contribution < 1.29 is 4.79 Å². The van der Waals surface area contributed by atoms with E-state index in [0.717, 1.165) is 5.56 Å². The van der Waals surface area contributed by atoms with Gasteiger partial charge in [0.15, 0.2) is 0 Å². The SMILES string of the molecule is N[C@@H](C(=O)Nc1cc(Cl)ccc1Cl)c1ccccc1. The molecule has 0 heterocycles. The van der Waals surface area contributed by atoms with Gasteiger partial charge in [0.05, 0.1) is 10.7 Å². The highest BCUT2D eigenvalue weighted by Gasteiger charge is 2.16. The second-order valence-corrected chi connectivity index (χ2v) is 4.85. The molecule has 2 aromatic rings. The molecule has 1 atom stereocenters. The molecule has 2 rings (SSSR count). The van der Waals surface area contributed by atoms with Crippen molar-refractivity contribution in [3.63, 3.8) is 0 Å². The van der Waals surface area contributed by atoms with E-state index < -0.39 is 6.04 Å². The predicted molar refractivity (Wildman–Crippen MR) is 78.5 cm³/mol. The lowest BCUT2D eigenvalue weighted by Gasteiger charge is -2.13. The molecule has 98 valence electrons. The predicted octanol–water partition coefficient (Wildman–Crippen LogP) is 3.63. The molecule has 0 aliphatic heterocycles. The highest BCUT2D eigenvalue weighted by molar-refractivity contribution is 6.35. The number of carbonyl (C=O) groups is 1. The smallest absolute Gasteiger partial charge is 0.245 e. The lowest BCUT2D eigenvalue weighted by Crippen LogP contribution is -2.27. The van der Waals surface area contributed by atoms with Crippen molar-refractivity contribution in [3.8, 4) is 0 Å². The highest BCUT2D eigenvalue weighted by atomic mass is 35.5. The first-order chi connectivity index (χ1) is 9.08. The number of amides is 1. The molecule has 0 aliphatic carbocycles. The standard InChI is InChI=1S/C14H12Cl2N2O/c15-10-6-7-11(16)12(8-10)18-14(19)13(17)9-4-2-1-3-5-9/h1-8,13H,17H2,(H,18,19)/t13-/m1/s1. The minimum Gasteiger partial charge on any atom is -0.323 e. The van der Waals surface area contributed by atoms with Gasteiger partial charge in [-0.05, 0) is 23.8 Å². The van der Waals surface area contributed by atoms with Gasteiger partial charge >= 0.3 is 0 Å². The van der Waals surface area contributed by atoms with E-state index >= 15 is 0 Å². The molecule has 0 bridgehead atoms. The van der Waals surface area contributed by atoms with Crippen LogP contribution in [0.2, 0.25) is 10.0 Å². The number of hydrogen-bond acceptors (Lipinski definition) is 2. The Morgan fingerprint density at radius 3 is 2.47 bits per heavy atom. The Labute approximate surface area is 121 Å². The van der Waals surface area contributed by atoms with Crippen LogP contribution in [0.15, 0.2) is 48.5 Å². The van der Waals surface area contributed by atoms with Crippen LogP contribution >= 0.6 is 23.2 Å². The second-order valence-electron chi connectivity index (χ2n) is 4.00. The largest absolute Gasteiger partial charge is 0.323 e. The summed E-state index contributed by atoms with van der Waals surface area (Å²) in [5.74, 6) is -0.338. The molecule has 19 heavy (non-hydrogen) atoms. The van der Waals surface area contributed by atoms with Gasteiger partial charge in [0.25, 0.3) is 0 Å². The number of rotatable bonds is 3. The summed E-state index contributed by atoms with van der Waals surface area (Å²) in [6, 6.07) is 13.2. The molecule has 0 aliphatic rings. The van der Waals surface area contributed by atoms with Gasteiger partial charge in [-0.1, -0.05) is 53.5 Å². The van der Waals surface area contributed by atoms with E-state index in [9.17, 15) is 4.79 Å². The Morgan fingerprint density at radius 1 is 1.11 bits per heavy atom. The Bertz CT molecular complexity index is 587. The van der Waals surface area contributed by atoms with Crippen molar-refractivity contribution in [1.82, 2.24) is 0 Å². The summed E-state index contributed by atoms with van der Waals surface area (Å²) in [4.78, 5) is 12.0. The van der Waals surface area contributed by atoms with Gasteiger partial charge < -0.3 is 11.1 Å². The fourth-order valence-electron chi connectivity index (χ4n) is 1.62. The normalized spacial score (nSPS) is 11.9. The first-order valence-corrected chi connectivity index (χ1v) is 6.40. The van der Waals surface area contributed by atoms with Crippen LogP contribution < -0.4 is 11.1 Å². The summed E-state index contributed by atoms with van der Waals surface area (Å²) in [6.07, 6.45) is 0. The maximum Gasteiger partial charge on any atom is 0.245 e. The first-order valence-electron chi connectivity index (χ1n) is 5.64. The zero-order chi connectivity index (χ0) is 13.8. The fourth-order valence-corrected chi connectivity index (χ4v) is 1.95. The van der Waals surface area contributed by atoms with Gasteiger partial charge in [-0.25, -0.2) is 0 Å². The molecule has 0 aromatic heterocycles. The Morgan fingerprint density at radius 2 is 1.79 bits per heavy atom. The van der Waals surface area contributed by atoms with Gasteiger partial charge in [0.1, 0.15) is 6.04 Å². The maximum absolute atomic E-state index is 12.0. The molecule has 0 saturated carbocycles. The van der Waals surface area contributed by atoms with Crippen molar-refractivity contribution >= 4 is 34.8 Å². The third kappa shape index (κ3) is 3.47. The molecule has 3 nitrogen and oxygen atoms in total. The van der Waals surface area contributed by atoms with Gasteiger partial charge in [-0.15, -0.1) is 0 Å². The van der Waals surface area contributed by atoms with Crippen molar-refractivity contribution in [1.29, 1.82) is 0 Å². The van der Waals surface area contributed by atoms with E-state index in [1.165, 1.54) is 0 Å². The number of anilines is 1. The number of nitrogens with one attached hydrogen (secondary N) is 1. The van der Waals surface area contributed by atoms with E-state index in [1.807, 2.05) is 18.2 Å². The molecule has 3 N–H and O–H groups in total. The average molecular weight is 295 g/mol. The summed E-state index contributed by atoms with van der Waals surface area (Å²) >= 11 is 11.8. The van der Waals surface area contributed by atoms with E-state index in [1.54, 1.807) is 30.3 Å². The third-order valence-electron chi connectivity index (χ3n) is 2.63. The summed E-state index contributed by atoms with van der Waals surface area (Å²) in [5.41, 5.74) is 7.07. The molecule has 2 aromatic carbocycles. The molecule has 1 amide bonds. The molecule has 0 saturated heterocycles. The Kier molecular flexibility index (Phi) is 4.43. The van der Waals surface area contributed by atoms with Crippen molar-refractivity contribution in [3.05, 3.63) is 64.1 Å². The second kappa shape index (κ2) is 6.06. The van der Waals surface area contributed by atoms with Crippen LogP contribution in [0.5, 0.6) is 0 Å². The van der Waals surface area contributed by atoms with Crippen LogP contribution in [0.25, 0.3) is 0 Å². The van der Waals surface area contributed by atoms with Crippen molar-refractivity contribution in [2.75, 3.05) is 5.32 Å². The minimum absolute atomic E-state index is 0.338. The van der Waals surface area contributed by atoms with Crippen LogP contribution in [0, 0.1) is 0 Å². The minimum atomic E-state index is -0.753. The van der Waals surface area contributed by atoms with E-state index in [4.69, 9.17) is 28.9 Å². The first kappa shape index (κ1) is 13.9. The third-order valence-corrected chi connectivity index (χ3v) is 3.19. The van der Waals surface area contributed by atoms with Crippen molar-refractivity contribution in [2.24, 2.45) is 5.73 Å². The molecule has 5 heteroatoms. The monoisotopic (exact) mass is 294 g/mol. The lowest BCUT2D eigenvalue weighted by molar-refractivity contribution is -0.117. The average Bonchev–Trinajstić information content (AvgIpc) is 2.43. The van der Waals surface area contributed by atoms with Crippen LogP contribution in [0.3, 0.4) is 0 Å². The summed E-state index contributed by atoms with van der Waals surface area (Å²) < 4.78 is 0. The van der Waals surface area contributed by atoms with Gasteiger partial charge in [0.2, 0.25) is 5.91 Å². The Hall–Kier alpha value is -1.55. The van der Waals surface area contributed by atoms with Crippen LogP contribution in [-0.2, 0) is 4.79 Å². The molecule has 0 unspecified atom stereocenters. The summed E-state index contributed by atoms with van der Waals surface area (Å²) in [5, 5.41) is 3.58. The maximum atomic E-state index is 12.0. The number of hydrogen-bond donors (Lipinski definition) is 2. The number of nitrogens with two attached hydrogens (primary N) is 1. The molecule has 0 fully saturated rings. The van der Waals surface area contributed by atoms with Gasteiger partial charge in [0, 0.05) is 5.02 Å². The van der Waals surface area contributed by atoms with Gasteiger partial charge in [-0.2, -0.15) is 0 Å². The summed E-state index contributed by atoms with van der Waals surface area (Å²) in [7, 11) is 0. The quantitative estimate of drug-likeness (QED) is 0.908. The van der Waals surface area contributed by atoms with Crippen LogP contribution in [0.1, 0.15) is 11.6 Å². The zero-order valence-corrected chi connectivity index (χ0v) is 11.4. The number of benzene rings is 2. The van der Waals surface area contributed by atoms with Crippen LogP contribution in [0.4, 0.5) is 5.69 Å². The molecular formula is C14H12Cl2N2O. The van der Waals surface area contributed by atoms with Crippen LogP contribution in [-0.4, -0.2) is 5.91 Å². The zero-order valence-electron chi connectivity index (χ0n) is 9.94. The highest BCUT2D eigenvalue weighted by Crippen LogP contribution is 2.26. The number of carbonyl (C=O) groups excluding carboxylic acids is 1. The molecule has 0 spiro atoms. The number of halogens is 2. The fraction of sp³-hybridized carbons (Fsp3) is 0.0714. The molecular weight excluding hydrogens is 283 g/mol. The molecule has 0 radical (unpaired) electrons. The van der Waals surface area contributed by atoms with Gasteiger partial charge in [-0.3, -0.25) is 4.79 Å². The van der Waals surface area contributed by atoms with E-state index in [-0.39, 0.29) is 5.91 Å². The Balaban J connectivity index is 2.15. The van der Waals surface area contributed by atoms with E-state index in [2.05, 4.69) is 5.32 Å². The lowest BCUT2D eigenvalue weighted by atomic mass is 10.1. The van der Waals surface area contributed by atoms with Crippen molar-refractivity contribution in [2.45, 2.75) is 6.04 Å².